The van der Waals surface area contributed by atoms with Crippen LogP contribution in [0.3, 0.4) is 0 Å². The summed E-state index contributed by atoms with van der Waals surface area (Å²) < 4.78 is 2.03. The summed E-state index contributed by atoms with van der Waals surface area (Å²) in [4.78, 5) is 17.7. The van der Waals surface area contributed by atoms with Gasteiger partial charge in [-0.15, -0.1) is 0 Å². The zero-order valence-corrected chi connectivity index (χ0v) is 14.0. The number of pyridine rings is 1. The maximum absolute atomic E-state index is 11.1. The molecule has 126 valence electrons. The van der Waals surface area contributed by atoms with E-state index in [1.165, 1.54) is 18.2 Å². The fourth-order valence-electron chi connectivity index (χ4n) is 3.17. The number of anilines is 2. The first kappa shape index (κ1) is 15.4. The highest BCUT2D eigenvalue weighted by molar-refractivity contribution is 5.87. The molecule has 6 nitrogen and oxygen atoms in total. The lowest BCUT2D eigenvalue weighted by Crippen LogP contribution is -2.30. The number of benzene rings is 1. The van der Waals surface area contributed by atoms with Gasteiger partial charge in [0.15, 0.2) is 0 Å². The molecule has 0 aliphatic carbocycles. The molecule has 1 aliphatic heterocycles. The molecule has 0 radical (unpaired) electrons. The van der Waals surface area contributed by atoms with Crippen molar-refractivity contribution in [2.24, 2.45) is 0 Å². The summed E-state index contributed by atoms with van der Waals surface area (Å²) in [5.41, 5.74) is 4.65. The lowest BCUT2D eigenvalue weighted by atomic mass is 10.1. The van der Waals surface area contributed by atoms with E-state index in [0.29, 0.717) is 5.82 Å². The number of nitrogens with one attached hydrogen (secondary N) is 1. The van der Waals surface area contributed by atoms with Crippen LogP contribution in [0.4, 0.5) is 11.5 Å². The van der Waals surface area contributed by atoms with Crippen molar-refractivity contribution in [1.82, 2.24) is 14.8 Å². The van der Waals surface area contributed by atoms with Crippen LogP contribution in [0.2, 0.25) is 0 Å². The molecule has 1 amide bonds. The minimum Gasteiger partial charge on any atom is -0.365 e. The van der Waals surface area contributed by atoms with Crippen molar-refractivity contribution >= 4 is 17.4 Å². The predicted molar refractivity (Wildman–Crippen MR) is 96.9 cm³/mol. The van der Waals surface area contributed by atoms with Gasteiger partial charge in [0.2, 0.25) is 5.91 Å². The molecule has 3 aromatic rings. The van der Waals surface area contributed by atoms with Gasteiger partial charge in [-0.25, -0.2) is 9.67 Å². The van der Waals surface area contributed by atoms with Gasteiger partial charge in [-0.2, -0.15) is 5.10 Å². The molecule has 0 spiro atoms. The summed E-state index contributed by atoms with van der Waals surface area (Å²) in [6, 6.07) is 14.0. The van der Waals surface area contributed by atoms with Crippen LogP contribution in [-0.4, -0.2) is 27.2 Å². The van der Waals surface area contributed by atoms with Crippen LogP contribution < -0.4 is 10.2 Å². The zero-order valence-electron chi connectivity index (χ0n) is 14.0. The third-order valence-corrected chi connectivity index (χ3v) is 4.35. The van der Waals surface area contributed by atoms with E-state index in [4.69, 9.17) is 0 Å². The first-order valence-electron chi connectivity index (χ1n) is 8.30. The molecule has 4 rings (SSSR count). The van der Waals surface area contributed by atoms with E-state index >= 15 is 0 Å². The maximum Gasteiger partial charge on any atom is 0.222 e. The van der Waals surface area contributed by atoms with Gasteiger partial charge >= 0.3 is 0 Å². The minimum absolute atomic E-state index is 0.115. The van der Waals surface area contributed by atoms with Crippen molar-refractivity contribution in [1.29, 1.82) is 0 Å². The molecule has 0 saturated heterocycles. The van der Waals surface area contributed by atoms with Gasteiger partial charge in [-0.05, 0) is 24.3 Å². The maximum atomic E-state index is 11.1. The Hall–Kier alpha value is -3.15. The number of fused-ring (bicyclic) bond motifs is 1. The molecule has 0 atom stereocenters. The van der Waals surface area contributed by atoms with E-state index in [0.717, 1.165) is 30.9 Å². The molecule has 0 unspecified atom stereocenters. The van der Waals surface area contributed by atoms with Crippen LogP contribution in [0.5, 0.6) is 0 Å². The van der Waals surface area contributed by atoms with Gasteiger partial charge in [-0.3, -0.25) is 4.79 Å². The van der Waals surface area contributed by atoms with Gasteiger partial charge in [-0.1, -0.05) is 18.2 Å². The Labute approximate surface area is 146 Å². The molecule has 1 N–H and O–H groups in total. The number of nitrogens with zero attached hydrogens (tertiary/aromatic N) is 4. The van der Waals surface area contributed by atoms with Crippen LogP contribution in [0.25, 0.3) is 5.69 Å². The summed E-state index contributed by atoms with van der Waals surface area (Å²) in [5, 5.41) is 7.26. The Morgan fingerprint density at radius 3 is 2.64 bits per heavy atom. The third-order valence-electron chi connectivity index (χ3n) is 4.35. The van der Waals surface area contributed by atoms with E-state index in [1.54, 1.807) is 6.20 Å². The van der Waals surface area contributed by atoms with Crippen molar-refractivity contribution < 1.29 is 4.79 Å². The van der Waals surface area contributed by atoms with Gasteiger partial charge in [0.25, 0.3) is 0 Å². The van der Waals surface area contributed by atoms with E-state index in [9.17, 15) is 4.79 Å². The zero-order chi connectivity index (χ0) is 17.2. The highest BCUT2D eigenvalue weighted by Crippen LogP contribution is 2.26. The topological polar surface area (TPSA) is 63.1 Å². The normalized spacial score (nSPS) is 13.4. The Balaban J connectivity index is 1.54. The second kappa shape index (κ2) is 6.39. The first-order valence-corrected chi connectivity index (χ1v) is 8.30. The molecular formula is C19H19N5O. The van der Waals surface area contributed by atoms with Crippen LogP contribution in [0.15, 0.2) is 54.9 Å². The molecule has 1 aromatic carbocycles. The molecule has 6 heteroatoms. The van der Waals surface area contributed by atoms with Crippen molar-refractivity contribution in [3.8, 4) is 5.69 Å². The molecule has 2 aromatic heterocycles. The minimum atomic E-state index is -0.115. The Kier molecular flexibility index (Phi) is 3.93. The van der Waals surface area contributed by atoms with E-state index < -0.39 is 0 Å². The van der Waals surface area contributed by atoms with E-state index in [2.05, 4.69) is 32.4 Å². The quantitative estimate of drug-likeness (QED) is 0.800. The van der Waals surface area contributed by atoms with Crippen LogP contribution >= 0.6 is 0 Å². The average Bonchev–Trinajstić information content (AvgIpc) is 3.06. The van der Waals surface area contributed by atoms with Crippen LogP contribution in [0.1, 0.15) is 18.2 Å². The summed E-state index contributed by atoms with van der Waals surface area (Å²) in [6.07, 6.45) is 4.68. The number of rotatable bonds is 3. The second-order valence-electron chi connectivity index (χ2n) is 6.12. The fourth-order valence-corrected chi connectivity index (χ4v) is 3.17. The van der Waals surface area contributed by atoms with Gasteiger partial charge in [0.05, 0.1) is 29.5 Å². The number of para-hydroxylation sites is 1. The van der Waals surface area contributed by atoms with Gasteiger partial charge < -0.3 is 10.2 Å². The Morgan fingerprint density at radius 1 is 1.08 bits per heavy atom. The summed E-state index contributed by atoms with van der Waals surface area (Å²) in [7, 11) is 0. The summed E-state index contributed by atoms with van der Waals surface area (Å²) >= 11 is 0. The molecule has 3 heterocycles. The highest BCUT2D eigenvalue weighted by Gasteiger charge is 2.21. The van der Waals surface area contributed by atoms with Gasteiger partial charge in [0, 0.05) is 32.0 Å². The number of carbonyl (C=O) groups excluding carboxylic acids is 1. The second-order valence-corrected chi connectivity index (χ2v) is 6.12. The molecule has 0 fully saturated rings. The average molecular weight is 333 g/mol. The molecule has 25 heavy (non-hydrogen) atoms. The molecule has 0 saturated carbocycles. The Bertz CT molecular complexity index is 886. The number of carbonyl (C=O) groups is 1. The van der Waals surface area contributed by atoms with Gasteiger partial charge in [0.1, 0.15) is 5.82 Å². The number of hydrogen-bond acceptors (Lipinski definition) is 4. The number of amides is 1. The molecular weight excluding hydrogens is 314 g/mol. The van der Waals surface area contributed by atoms with E-state index in [1.807, 2.05) is 41.2 Å². The fraction of sp³-hybridized carbons (Fsp3) is 0.211. The highest BCUT2D eigenvalue weighted by atomic mass is 16.1. The molecule has 0 bridgehead atoms. The van der Waals surface area contributed by atoms with Crippen molar-refractivity contribution in [3.05, 3.63) is 66.1 Å². The van der Waals surface area contributed by atoms with Crippen molar-refractivity contribution in [2.75, 3.05) is 16.8 Å². The van der Waals surface area contributed by atoms with Crippen molar-refractivity contribution in [2.45, 2.75) is 19.9 Å². The largest absolute Gasteiger partial charge is 0.365 e. The predicted octanol–water partition coefficient (Wildman–Crippen LogP) is 2.79. The lowest BCUT2D eigenvalue weighted by Gasteiger charge is -2.29. The monoisotopic (exact) mass is 333 g/mol. The van der Waals surface area contributed by atoms with Crippen molar-refractivity contribution in [3.63, 3.8) is 0 Å². The number of hydrogen-bond donors (Lipinski definition) is 1. The third kappa shape index (κ3) is 3.10. The molecule has 1 aliphatic rings. The summed E-state index contributed by atoms with van der Waals surface area (Å²) in [5.74, 6) is 0.460. The van der Waals surface area contributed by atoms with Crippen LogP contribution in [0, 0.1) is 0 Å². The standard InChI is InChI=1S/C19H19N5O/c1-14(25)22-19-8-7-17(12-20-19)23-10-9-18-15(13-23)11-21-24(18)16-5-3-2-4-6-16/h2-8,11-12H,9-10,13H2,1H3,(H,20,22,25). The van der Waals surface area contributed by atoms with E-state index in [-0.39, 0.29) is 5.91 Å². The lowest BCUT2D eigenvalue weighted by molar-refractivity contribution is -0.114. The van der Waals surface area contributed by atoms with Crippen LogP contribution in [-0.2, 0) is 17.8 Å². The SMILES string of the molecule is CC(=O)Nc1ccc(N2CCc3c(cnn3-c3ccccc3)C2)cn1. The smallest absolute Gasteiger partial charge is 0.222 e. The first-order chi connectivity index (χ1) is 12.2. The summed E-state index contributed by atoms with van der Waals surface area (Å²) in [6.45, 7) is 3.20. The number of aromatic nitrogens is 3. The Morgan fingerprint density at radius 2 is 1.92 bits per heavy atom.